The first-order chi connectivity index (χ1) is 10.7. The molecule has 22 heavy (non-hydrogen) atoms. The highest BCUT2D eigenvalue weighted by Gasteiger charge is 2.33. The third-order valence-corrected chi connectivity index (χ3v) is 4.50. The van der Waals surface area contributed by atoms with E-state index in [1.807, 2.05) is 4.90 Å². The Labute approximate surface area is 133 Å². The number of likely N-dealkylation sites (tertiary alicyclic amines) is 1. The quantitative estimate of drug-likeness (QED) is 0.550. The molecular weight excluding hydrogens is 280 g/mol. The molecule has 5 heteroatoms. The van der Waals surface area contributed by atoms with Crippen LogP contribution in [0.15, 0.2) is 11.6 Å². The third-order valence-electron chi connectivity index (χ3n) is 4.50. The van der Waals surface area contributed by atoms with Crippen LogP contribution in [0.1, 0.15) is 44.9 Å². The normalized spacial score (nSPS) is 21.9. The molecule has 2 amide bonds. The second kappa shape index (κ2) is 8.93. The van der Waals surface area contributed by atoms with Gasteiger partial charge in [0.25, 0.3) is 0 Å². The maximum atomic E-state index is 12.1. The SMILES string of the molecule is COCCCNC(=O)C1CC(=O)N(CCC2=CCCCC2)C1. The van der Waals surface area contributed by atoms with Gasteiger partial charge < -0.3 is 15.0 Å². The molecule has 0 radical (unpaired) electrons. The number of methoxy groups -OCH3 is 1. The minimum Gasteiger partial charge on any atom is -0.385 e. The first-order valence-corrected chi connectivity index (χ1v) is 8.43. The van der Waals surface area contributed by atoms with Crippen LogP contribution in [0.2, 0.25) is 0 Å². The average molecular weight is 308 g/mol. The Morgan fingerprint density at radius 2 is 2.32 bits per heavy atom. The number of hydrogen-bond acceptors (Lipinski definition) is 3. The molecule has 0 bridgehead atoms. The van der Waals surface area contributed by atoms with Gasteiger partial charge in [-0.3, -0.25) is 9.59 Å². The van der Waals surface area contributed by atoms with Crippen molar-refractivity contribution in [2.24, 2.45) is 5.92 Å². The predicted molar refractivity (Wildman–Crippen MR) is 85.4 cm³/mol. The molecule has 1 heterocycles. The number of ether oxygens (including phenoxy) is 1. The van der Waals surface area contributed by atoms with Gasteiger partial charge >= 0.3 is 0 Å². The molecule has 1 N–H and O–H groups in total. The molecule has 2 aliphatic rings. The molecule has 1 saturated heterocycles. The fourth-order valence-corrected chi connectivity index (χ4v) is 3.15. The van der Waals surface area contributed by atoms with Crippen molar-refractivity contribution in [1.29, 1.82) is 0 Å². The first kappa shape index (κ1) is 17.0. The molecule has 1 aliphatic carbocycles. The lowest BCUT2D eigenvalue weighted by atomic mass is 9.97. The summed E-state index contributed by atoms with van der Waals surface area (Å²) in [7, 11) is 1.65. The Balaban J connectivity index is 1.70. The molecule has 0 aromatic heterocycles. The van der Waals surface area contributed by atoms with E-state index in [2.05, 4.69) is 11.4 Å². The van der Waals surface area contributed by atoms with Crippen LogP contribution in [-0.4, -0.2) is 50.1 Å². The molecule has 1 atom stereocenters. The highest BCUT2D eigenvalue weighted by atomic mass is 16.5. The van der Waals surface area contributed by atoms with E-state index < -0.39 is 0 Å². The van der Waals surface area contributed by atoms with E-state index >= 15 is 0 Å². The molecule has 0 aromatic carbocycles. The second-order valence-electron chi connectivity index (χ2n) is 6.24. The minimum absolute atomic E-state index is 0.00355. The van der Waals surface area contributed by atoms with Crippen LogP contribution in [0.25, 0.3) is 0 Å². The Morgan fingerprint density at radius 1 is 1.45 bits per heavy atom. The van der Waals surface area contributed by atoms with Gasteiger partial charge in [0.05, 0.1) is 5.92 Å². The Hall–Kier alpha value is -1.36. The molecular formula is C17H28N2O3. The van der Waals surface area contributed by atoms with Crippen molar-refractivity contribution < 1.29 is 14.3 Å². The summed E-state index contributed by atoms with van der Waals surface area (Å²) in [5.41, 5.74) is 1.48. The summed E-state index contributed by atoms with van der Waals surface area (Å²) in [5, 5.41) is 2.90. The standard InChI is InChI=1S/C17H28N2O3/c1-22-11-5-9-18-17(21)15-12-16(20)19(13-15)10-8-14-6-3-2-4-7-14/h6,15H,2-5,7-13H2,1H3,(H,18,21). The van der Waals surface area contributed by atoms with Crippen molar-refractivity contribution in [3.63, 3.8) is 0 Å². The van der Waals surface area contributed by atoms with Crippen molar-refractivity contribution in [1.82, 2.24) is 10.2 Å². The summed E-state index contributed by atoms with van der Waals surface area (Å²) in [6.45, 7) is 2.59. The lowest BCUT2D eigenvalue weighted by Crippen LogP contribution is -2.34. The summed E-state index contributed by atoms with van der Waals surface area (Å²) < 4.78 is 4.95. The summed E-state index contributed by atoms with van der Waals surface area (Å²) in [6.07, 6.45) is 9.36. The number of nitrogens with zero attached hydrogens (tertiary/aromatic N) is 1. The molecule has 1 unspecified atom stereocenters. The van der Waals surface area contributed by atoms with Gasteiger partial charge in [0.1, 0.15) is 0 Å². The van der Waals surface area contributed by atoms with Crippen LogP contribution in [0, 0.1) is 5.92 Å². The molecule has 0 saturated carbocycles. The van der Waals surface area contributed by atoms with E-state index in [1.165, 1.54) is 31.3 Å². The van der Waals surface area contributed by atoms with Gasteiger partial charge in [0, 0.05) is 39.8 Å². The zero-order valence-corrected chi connectivity index (χ0v) is 13.6. The van der Waals surface area contributed by atoms with Crippen LogP contribution >= 0.6 is 0 Å². The van der Waals surface area contributed by atoms with Crippen LogP contribution in [0.4, 0.5) is 0 Å². The third kappa shape index (κ3) is 5.13. The average Bonchev–Trinajstić information content (AvgIpc) is 2.91. The largest absolute Gasteiger partial charge is 0.385 e. The molecule has 2 rings (SSSR count). The Morgan fingerprint density at radius 3 is 3.05 bits per heavy atom. The molecule has 1 fully saturated rings. The van der Waals surface area contributed by atoms with E-state index in [1.54, 1.807) is 7.11 Å². The number of amides is 2. The van der Waals surface area contributed by atoms with Gasteiger partial charge in [-0.05, 0) is 38.5 Å². The van der Waals surface area contributed by atoms with Crippen molar-refractivity contribution >= 4 is 11.8 Å². The highest BCUT2D eigenvalue weighted by molar-refractivity contribution is 5.89. The zero-order valence-electron chi connectivity index (χ0n) is 13.6. The number of allylic oxidation sites excluding steroid dienone is 1. The van der Waals surface area contributed by atoms with Crippen molar-refractivity contribution in [3.8, 4) is 0 Å². The second-order valence-corrected chi connectivity index (χ2v) is 6.24. The van der Waals surface area contributed by atoms with Gasteiger partial charge in [-0.25, -0.2) is 0 Å². The fraction of sp³-hybridized carbons (Fsp3) is 0.765. The summed E-state index contributed by atoms with van der Waals surface area (Å²) >= 11 is 0. The smallest absolute Gasteiger partial charge is 0.225 e. The number of rotatable bonds is 8. The summed E-state index contributed by atoms with van der Waals surface area (Å²) in [5.74, 6) is -0.0623. The molecule has 1 aliphatic heterocycles. The van der Waals surface area contributed by atoms with E-state index in [9.17, 15) is 9.59 Å². The Kier molecular flexibility index (Phi) is 6.90. The Bertz CT molecular complexity index is 420. The van der Waals surface area contributed by atoms with E-state index in [4.69, 9.17) is 4.74 Å². The highest BCUT2D eigenvalue weighted by Crippen LogP contribution is 2.23. The number of hydrogen-bond donors (Lipinski definition) is 1. The topological polar surface area (TPSA) is 58.6 Å². The maximum absolute atomic E-state index is 12.1. The van der Waals surface area contributed by atoms with Crippen LogP contribution < -0.4 is 5.32 Å². The van der Waals surface area contributed by atoms with Crippen LogP contribution in [-0.2, 0) is 14.3 Å². The monoisotopic (exact) mass is 308 g/mol. The van der Waals surface area contributed by atoms with E-state index in [-0.39, 0.29) is 17.7 Å². The molecule has 5 nitrogen and oxygen atoms in total. The van der Waals surface area contributed by atoms with Crippen molar-refractivity contribution in [3.05, 3.63) is 11.6 Å². The van der Waals surface area contributed by atoms with Crippen molar-refractivity contribution in [2.75, 3.05) is 33.4 Å². The van der Waals surface area contributed by atoms with Gasteiger partial charge in [0.15, 0.2) is 0 Å². The number of nitrogens with one attached hydrogen (secondary N) is 1. The van der Waals surface area contributed by atoms with Gasteiger partial charge in [-0.2, -0.15) is 0 Å². The summed E-state index contributed by atoms with van der Waals surface area (Å²) in [6, 6.07) is 0. The van der Waals surface area contributed by atoms with E-state index in [0.29, 0.717) is 26.1 Å². The fourth-order valence-electron chi connectivity index (χ4n) is 3.15. The lowest BCUT2D eigenvalue weighted by molar-refractivity contribution is -0.129. The maximum Gasteiger partial charge on any atom is 0.225 e. The zero-order chi connectivity index (χ0) is 15.8. The number of carbonyl (C=O) groups excluding carboxylic acids is 2. The van der Waals surface area contributed by atoms with Gasteiger partial charge in [0.2, 0.25) is 11.8 Å². The molecule has 0 aromatic rings. The van der Waals surface area contributed by atoms with Crippen LogP contribution in [0.5, 0.6) is 0 Å². The minimum atomic E-state index is -0.185. The van der Waals surface area contributed by atoms with Gasteiger partial charge in [-0.15, -0.1) is 0 Å². The first-order valence-electron chi connectivity index (χ1n) is 8.43. The predicted octanol–water partition coefficient (Wildman–Crippen LogP) is 1.88. The molecule has 0 spiro atoms. The van der Waals surface area contributed by atoms with Crippen molar-refractivity contribution in [2.45, 2.75) is 44.9 Å². The summed E-state index contributed by atoms with van der Waals surface area (Å²) in [4.78, 5) is 26.0. The van der Waals surface area contributed by atoms with Gasteiger partial charge in [-0.1, -0.05) is 11.6 Å². The number of carbonyl (C=O) groups is 2. The molecule has 124 valence electrons. The van der Waals surface area contributed by atoms with Crippen LogP contribution in [0.3, 0.4) is 0 Å². The van der Waals surface area contributed by atoms with E-state index in [0.717, 1.165) is 19.4 Å². The lowest BCUT2D eigenvalue weighted by Gasteiger charge is -2.19.